The van der Waals surface area contributed by atoms with E-state index in [9.17, 15) is 13.5 Å². The van der Waals surface area contributed by atoms with Crippen molar-refractivity contribution in [3.8, 4) is 0 Å². The van der Waals surface area contributed by atoms with Crippen LogP contribution in [0.2, 0.25) is 5.02 Å². The molecule has 1 aliphatic heterocycles. The van der Waals surface area contributed by atoms with Gasteiger partial charge in [-0.1, -0.05) is 11.6 Å². The highest BCUT2D eigenvalue weighted by molar-refractivity contribution is 7.89. The van der Waals surface area contributed by atoms with Gasteiger partial charge in [-0.25, -0.2) is 8.42 Å². The third kappa shape index (κ3) is 2.86. The second-order valence-electron chi connectivity index (χ2n) is 4.84. The molecule has 5 nitrogen and oxygen atoms in total. The maximum atomic E-state index is 12.4. The van der Waals surface area contributed by atoms with Gasteiger partial charge in [-0.15, -0.1) is 0 Å². The number of aliphatic hydroxyl groups is 1. The van der Waals surface area contributed by atoms with Crippen LogP contribution < -0.4 is 5.73 Å². The van der Waals surface area contributed by atoms with E-state index in [0.29, 0.717) is 25.2 Å². The molecule has 19 heavy (non-hydrogen) atoms. The SMILES string of the molecule is CC(O)C1CCN(S(=O)(=O)c2ccc(N)c(Cl)c2)C1. The van der Waals surface area contributed by atoms with Gasteiger partial charge in [0.15, 0.2) is 0 Å². The number of benzene rings is 1. The molecule has 0 aromatic heterocycles. The molecule has 1 fully saturated rings. The summed E-state index contributed by atoms with van der Waals surface area (Å²) in [5, 5.41) is 9.76. The normalized spacial score (nSPS) is 22.6. The van der Waals surface area contributed by atoms with E-state index in [1.807, 2.05) is 0 Å². The quantitative estimate of drug-likeness (QED) is 0.825. The number of sulfonamides is 1. The summed E-state index contributed by atoms with van der Waals surface area (Å²) in [6.45, 7) is 2.43. The van der Waals surface area contributed by atoms with E-state index in [-0.39, 0.29) is 15.8 Å². The zero-order valence-corrected chi connectivity index (χ0v) is 12.2. The first-order valence-corrected chi connectivity index (χ1v) is 7.87. The molecule has 1 heterocycles. The van der Waals surface area contributed by atoms with Crippen molar-refractivity contribution in [1.29, 1.82) is 0 Å². The molecule has 1 aliphatic rings. The number of nitrogens with two attached hydrogens (primary N) is 1. The lowest BCUT2D eigenvalue weighted by atomic mass is 10.0. The fourth-order valence-corrected chi connectivity index (χ4v) is 3.97. The molecule has 0 saturated carbocycles. The molecule has 1 aromatic rings. The number of nitrogens with zero attached hydrogens (tertiary/aromatic N) is 1. The van der Waals surface area contributed by atoms with Crippen molar-refractivity contribution in [2.75, 3.05) is 18.8 Å². The smallest absolute Gasteiger partial charge is 0.243 e. The Kier molecular flexibility index (Phi) is 4.06. The number of aliphatic hydroxyl groups excluding tert-OH is 1. The van der Waals surface area contributed by atoms with Crippen LogP contribution in [0.5, 0.6) is 0 Å². The molecule has 2 rings (SSSR count). The lowest BCUT2D eigenvalue weighted by Gasteiger charge is -2.18. The molecular weight excluding hydrogens is 288 g/mol. The van der Waals surface area contributed by atoms with Crippen molar-refractivity contribution in [2.45, 2.75) is 24.3 Å². The van der Waals surface area contributed by atoms with Gasteiger partial charge >= 0.3 is 0 Å². The molecule has 106 valence electrons. The summed E-state index contributed by atoms with van der Waals surface area (Å²) in [5.41, 5.74) is 5.92. The number of hydrogen-bond acceptors (Lipinski definition) is 4. The monoisotopic (exact) mass is 304 g/mol. The molecule has 0 amide bonds. The number of anilines is 1. The van der Waals surface area contributed by atoms with E-state index in [2.05, 4.69) is 0 Å². The van der Waals surface area contributed by atoms with Gasteiger partial charge in [-0.05, 0) is 37.5 Å². The molecule has 1 aromatic carbocycles. The van der Waals surface area contributed by atoms with Crippen LogP contribution in [0.3, 0.4) is 0 Å². The van der Waals surface area contributed by atoms with Crippen LogP contribution in [0.1, 0.15) is 13.3 Å². The molecule has 0 spiro atoms. The average molecular weight is 305 g/mol. The zero-order chi connectivity index (χ0) is 14.2. The van der Waals surface area contributed by atoms with Gasteiger partial charge < -0.3 is 10.8 Å². The van der Waals surface area contributed by atoms with Crippen molar-refractivity contribution < 1.29 is 13.5 Å². The van der Waals surface area contributed by atoms with Gasteiger partial charge in [0.05, 0.1) is 21.7 Å². The summed E-state index contributed by atoms with van der Waals surface area (Å²) in [5.74, 6) is -0.0148. The highest BCUT2D eigenvalue weighted by Crippen LogP contribution is 2.29. The Morgan fingerprint density at radius 3 is 2.74 bits per heavy atom. The second kappa shape index (κ2) is 5.28. The third-order valence-corrected chi connectivity index (χ3v) is 5.67. The minimum absolute atomic E-state index is 0.0148. The molecule has 2 unspecified atom stereocenters. The predicted octanol–water partition coefficient (Wildman–Crippen LogP) is 1.31. The van der Waals surface area contributed by atoms with Crippen molar-refractivity contribution in [2.24, 2.45) is 5.92 Å². The average Bonchev–Trinajstić information content (AvgIpc) is 2.82. The molecule has 0 bridgehead atoms. The zero-order valence-electron chi connectivity index (χ0n) is 10.6. The van der Waals surface area contributed by atoms with Crippen molar-refractivity contribution in [3.63, 3.8) is 0 Å². The Bertz CT molecular complexity index is 574. The van der Waals surface area contributed by atoms with E-state index in [4.69, 9.17) is 17.3 Å². The van der Waals surface area contributed by atoms with Crippen molar-refractivity contribution >= 4 is 27.3 Å². The number of rotatable bonds is 3. The Labute approximate surface area is 118 Å². The van der Waals surface area contributed by atoms with Gasteiger partial charge in [-0.2, -0.15) is 4.31 Å². The van der Waals surface area contributed by atoms with E-state index in [1.165, 1.54) is 22.5 Å². The minimum Gasteiger partial charge on any atom is -0.398 e. The van der Waals surface area contributed by atoms with Crippen LogP contribution in [0, 0.1) is 5.92 Å². The topological polar surface area (TPSA) is 83.6 Å². The first-order chi connectivity index (χ1) is 8.82. The third-order valence-electron chi connectivity index (χ3n) is 3.48. The summed E-state index contributed by atoms with van der Waals surface area (Å²) in [4.78, 5) is 0.137. The Balaban J connectivity index is 2.26. The summed E-state index contributed by atoms with van der Waals surface area (Å²) >= 11 is 5.86. The summed E-state index contributed by atoms with van der Waals surface area (Å²) < 4.78 is 26.2. The van der Waals surface area contributed by atoms with Gasteiger partial charge in [0.25, 0.3) is 0 Å². The Morgan fingerprint density at radius 1 is 1.53 bits per heavy atom. The molecule has 0 aliphatic carbocycles. The second-order valence-corrected chi connectivity index (χ2v) is 7.18. The Hall–Kier alpha value is -0.820. The van der Waals surface area contributed by atoms with Gasteiger partial charge in [0, 0.05) is 13.1 Å². The standard InChI is InChI=1S/C12H17ClN2O3S/c1-8(16)9-4-5-15(7-9)19(17,18)10-2-3-12(14)11(13)6-10/h2-3,6,8-9,16H,4-5,7,14H2,1H3. The Morgan fingerprint density at radius 2 is 2.21 bits per heavy atom. The van der Waals surface area contributed by atoms with Crippen LogP contribution in [-0.4, -0.2) is 37.0 Å². The molecule has 3 N–H and O–H groups in total. The molecular formula is C12H17ClN2O3S. The number of halogens is 1. The fourth-order valence-electron chi connectivity index (χ4n) is 2.18. The first kappa shape index (κ1) is 14.6. The predicted molar refractivity (Wildman–Crippen MR) is 74.4 cm³/mol. The maximum Gasteiger partial charge on any atom is 0.243 e. The van der Waals surface area contributed by atoms with Crippen LogP contribution in [0.15, 0.2) is 23.1 Å². The summed E-state index contributed by atoms with van der Waals surface area (Å²) in [6.07, 6.45) is 0.162. The highest BCUT2D eigenvalue weighted by Gasteiger charge is 2.34. The molecule has 1 saturated heterocycles. The molecule has 7 heteroatoms. The molecule has 2 atom stereocenters. The van der Waals surface area contributed by atoms with Crippen LogP contribution in [0.25, 0.3) is 0 Å². The maximum absolute atomic E-state index is 12.4. The number of nitrogen functional groups attached to an aromatic ring is 1. The van der Waals surface area contributed by atoms with Crippen LogP contribution in [-0.2, 0) is 10.0 Å². The van der Waals surface area contributed by atoms with E-state index < -0.39 is 16.1 Å². The van der Waals surface area contributed by atoms with Gasteiger partial charge in [0.1, 0.15) is 0 Å². The minimum atomic E-state index is -3.56. The van der Waals surface area contributed by atoms with Crippen LogP contribution >= 0.6 is 11.6 Å². The van der Waals surface area contributed by atoms with Gasteiger partial charge in [0.2, 0.25) is 10.0 Å². The lowest BCUT2D eigenvalue weighted by Crippen LogP contribution is -2.30. The largest absolute Gasteiger partial charge is 0.398 e. The summed E-state index contributed by atoms with van der Waals surface area (Å²) in [7, 11) is -3.56. The van der Waals surface area contributed by atoms with E-state index >= 15 is 0 Å². The van der Waals surface area contributed by atoms with E-state index in [0.717, 1.165) is 0 Å². The first-order valence-electron chi connectivity index (χ1n) is 6.05. The summed E-state index contributed by atoms with van der Waals surface area (Å²) in [6, 6.07) is 4.30. The highest BCUT2D eigenvalue weighted by atomic mass is 35.5. The van der Waals surface area contributed by atoms with Crippen molar-refractivity contribution in [1.82, 2.24) is 4.31 Å². The lowest BCUT2D eigenvalue weighted by molar-refractivity contribution is 0.133. The van der Waals surface area contributed by atoms with E-state index in [1.54, 1.807) is 6.92 Å². The number of hydrogen-bond donors (Lipinski definition) is 2. The fraction of sp³-hybridized carbons (Fsp3) is 0.500. The van der Waals surface area contributed by atoms with Crippen molar-refractivity contribution in [3.05, 3.63) is 23.2 Å². The van der Waals surface area contributed by atoms with Gasteiger partial charge in [-0.3, -0.25) is 0 Å². The van der Waals surface area contributed by atoms with Crippen LogP contribution in [0.4, 0.5) is 5.69 Å². The molecule has 0 radical (unpaired) electrons.